The molecule has 3 aromatic heterocycles. The van der Waals surface area contributed by atoms with Crippen LogP contribution in [0.15, 0.2) is 115 Å². The summed E-state index contributed by atoms with van der Waals surface area (Å²) in [6, 6.07) is 27.9. The molecule has 2 unspecified atom stereocenters. The topological polar surface area (TPSA) is 317 Å². The van der Waals surface area contributed by atoms with E-state index in [4.69, 9.17) is 29.0 Å². The van der Waals surface area contributed by atoms with Crippen LogP contribution >= 0.6 is 11.3 Å². The van der Waals surface area contributed by atoms with Gasteiger partial charge >= 0.3 is 12.1 Å². The van der Waals surface area contributed by atoms with Crippen LogP contribution in [0.25, 0.3) is 43.4 Å². The first-order chi connectivity index (χ1) is 45.4. The average molecular weight is 1340 g/mol. The first-order valence-corrected chi connectivity index (χ1v) is 34.1. The standard InChI is InChI=1S/C69H77N9O15S2/c1-44-51(48-22-23-52(73-60(48)63(84)85)46-21-20-45-14-12-15-49(50(45)33-46)61(82)75-64-74-53-16-8-10-18-56(53)94-64)34-71-78(44)43-68-38-66(2)37-67(3,39-68)41-69(40-66,42-68)93-30-28-76(4)65(86)92-35-47-13-7-9-17-55(47)91-32-31-90-29-26-70-62(83)54(36-95(87,88)89)72-57(79)19-6-5-11-27-77-58(80)24-25-59(77)81/h7-10,12-18,20-25,33-34,54H,5-6,11,19,26-32,35-43H2,1-4H3,(H,70,83)(H,72,79)(H,84,85)(H,74,75,82)(H,87,88,89)/t54-,66?,67?,68?,69?/m0/s1. The molecule has 5 N–H and O–H groups in total. The van der Waals surface area contributed by atoms with Crippen LogP contribution in [0.5, 0.6) is 5.75 Å². The number of ether oxygens (including phenoxy) is 4. The van der Waals surface area contributed by atoms with E-state index in [0.29, 0.717) is 82.2 Å². The van der Waals surface area contributed by atoms with Gasteiger partial charge in [-0.1, -0.05) is 86.2 Å². The highest BCUT2D eigenvalue weighted by Gasteiger charge is 2.66. The Balaban J connectivity index is 0.642. The number of nitrogens with zero attached hydrogens (tertiary/aromatic N) is 6. The van der Waals surface area contributed by atoms with Crippen molar-refractivity contribution in [1.82, 2.24) is 40.2 Å². The molecule has 500 valence electrons. The van der Waals surface area contributed by atoms with Crippen molar-refractivity contribution in [3.8, 4) is 28.1 Å². The number of aromatic nitrogens is 4. The predicted octanol–water partition coefficient (Wildman–Crippen LogP) is 9.41. The molecule has 7 aromatic rings. The number of hydrogen-bond donors (Lipinski definition) is 5. The third-order valence-corrected chi connectivity index (χ3v) is 20.0. The van der Waals surface area contributed by atoms with E-state index in [1.165, 1.54) is 28.4 Å². The number of amides is 6. The first-order valence-electron chi connectivity index (χ1n) is 31.7. The van der Waals surface area contributed by atoms with Gasteiger partial charge in [-0.2, -0.15) is 13.5 Å². The van der Waals surface area contributed by atoms with Gasteiger partial charge in [0.2, 0.25) is 11.8 Å². The Morgan fingerprint density at radius 3 is 2.33 bits per heavy atom. The van der Waals surface area contributed by atoms with Gasteiger partial charge in [-0.05, 0) is 128 Å². The number of hydrogen-bond acceptors (Lipinski definition) is 17. The number of likely N-dealkylation sites (N-methyl/N-ethyl adjacent to an activating group) is 1. The summed E-state index contributed by atoms with van der Waals surface area (Å²) in [6.45, 7) is 8.16. The number of imide groups is 1. The lowest BCUT2D eigenvalue weighted by molar-refractivity contribution is -0.248. The van der Waals surface area contributed by atoms with Crippen LogP contribution in [0.4, 0.5) is 9.93 Å². The Morgan fingerprint density at radius 2 is 1.57 bits per heavy atom. The number of unbranched alkanes of at least 4 members (excludes halogenated alkanes) is 2. The van der Waals surface area contributed by atoms with E-state index in [2.05, 4.69) is 34.8 Å². The maximum atomic E-state index is 13.7. The summed E-state index contributed by atoms with van der Waals surface area (Å²) in [4.78, 5) is 101. The minimum Gasteiger partial charge on any atom is -0.491 e. The molecule has 0 spiro atoms. The fourth-order valence-electron chi connectivity index (χ4n) is 15.3. The third-order valence-electron chi connectivity index (χ3n) is 18.3. The molecule has 26 heteroatoms. The minimum absolute atomic E-state index is 0.00482. The Bertz CT molecular complexity index is 4190. The van der Waals surface area contributed by atoms with Crippen molar-refractivity contribution < 1.29 is 70.6 Å². The quantitative estimate of drug-likeness (QED) is 0.0159. The number of carbonyl (C=O) groups excluding carboxylic acids is 6. The zero-order chi connectivity index (χ0) is 67.3. The summed E-state index contributed by atoms with van der Waals surface area (Å²) in [5.74, 6) is -4.32. The highest BCUT2D eigenvalue weighted by atomic mass is 32.2. The summed E-state index contributed by atoms with van der Waals surface area (Å²) >= 11 is 1.40. The fourth-order valence-corrected chi connectivity index (χ4v) is 16.8. The number of carboxylic acid groups (broad SMARTS) is 1. The number of aromatic carboxylic acids is 1. The number of carbonyl (C=O) groups is 7. The molecule has 0 saturated heterocycles. The Kier molecular flexibility index (Phi) is 20.0. The molecule has 5 aliphatic rings. The molecule has 95 heavy (non-hydrogen) atoms. The van der Waals surface area contributed by atoms with Gasteiger partial charge in [0.05, 0.1) is 47.5 Å². The lowest BCUT2D eigenvalue weighted by Gasteiger charge is -2.69. The van der Waals surface area contributed by atoms with E-state index in [-0.39, 0.29) is 80.3 Å². The van der Waals surface area contributed by atoms with Crippen LogP contribution in [0.3, 0.4) is 0 Å². The minimum atomic E-state index is -4.65. The molecule has 6 amide bonds. The van der Waals surface area contributed by atoms with Crippen LogP contribution in [-0.2, 0) is 56.7 Å². The largest absolute Gasteiger partial charge is 0.491 e. The molecule has 4 bridgehead atoms. The van der Waals surface area contributed by atoms with E-state index in [9.17, 15) is 51.6 Å². The lowest BCUT2D eigenvalue weighted by Crippen LogP contribution is -2.64. The molecule has 4 heterocycles. The van der Waals surface area contributed by atoms with E-state index < -0.39 is 63.2 Å². The summed E-state index contributed by atoms with van der Waals surface area (Å²) in [5, 5.41) is 25.5. The van der Waals surface area contributed by atoms with Gasteiger partial charge < -0.3 is 39.6 Å². The Hall–Kier alpha value is -8.95. The van der Waals surface area contributed by atoms with E-state index in [1.54, 1.807) is 49.6 Å². The van der Waals surface area contributed by atoms with E-state index >= 15 is 0 Å². The molecule has 4 fully saturated rings. The van der Waals surface area contributed by atoms with Crippen molar-refractivity contribution in [3.63, 3.8) is 0 Å². The van der Waals surface area contributed by atoms with Crippen molar-refractivity contribution in [2.24, 2.45) is 16.2 Å². The maximum Gasteiger partial charge on any atom is 0.409 e. The summed E-state index contributed by atoms with van der Waals surface area (Å²) in [7, 11) is -2.98. The van der Waals surface area contributed by atoms with Gasteiger partial charge in [0.15, 0.2) is 10.8 Å². The van der Waals surface area contributed by atoms with Crippen molar-refractivity contribution >= 4 is 89.2 Å². The summed E-state index contributed by atoms with van der Waals surface area (Å²) in [5.41, 5.74) is 4.21. The van der Waals surface area contributed by atoms with Gasteiger partial charge in [0, 0.05) is 85.3 Å². The molecule has 24 nitrogen and oxygen atoms in total. The molecule has 12 rings (SSSR count). The molecule has 4 aromatic carbocycles. The average Bonchev–Trinajstić information content (AvgIpc) is 1.21. The Labute approximate surface area is 553 Å². The van der Waals surface area contributed by atoms with E-state index in [0.717, 1.165) is 64.7 Å². The van der Waals surface area contributed by atoms with Crippen molar-refractivity contribution in [2.45, 2.75) is 110 Å². The van der Waals surface area contributed by atoms with Crippen molar-refractivity contribution in [3.05, 3.63) is 138 Å². The predicted molar refractivity (Wildman–Crippen MR) is 354 cm³/mol. The Morgan fingerprint density at radius 1 is 0.811 bits per heavy atom. The van der Waals surface area contributed by atoms with Crippen LogP contribution < -0.4 is 20.7 Å². The molecule has 4 aliphatic carbocycles. The molecular formula is C69H77N9O15S2. The number of thiazole rings is 1. The second-order valence-electron chi connectivity index (χ2n) is 26.3. The number of pyridine rings is 1. The monoisotopic (exact) mass is 1340 g/mol. The third kappa shape index (κ3) is 16.1. The second kappa shape index (κ2) is 28.2. The number of rotatable bonds is 30. The van der Waals surface area contributed by atoms with Gasteiger partial charge in [-0.15, -0.1) is 0 Å². The van der Waals surface area contributed by atoms with Gasteiger partial charge in [-0.3, -0.25) is 43.4 Å². The molecular weight excluding hydrogens is 1260 g/mol. The summed E-state index contributed by atoms with van der Waals surface area (Å²) < 4.78 is 60.1. The maximum absolute atomic E-state index is 13.7. The zero-order valence-corrected chi connectivity index (χ0v) is 55.0. The highest BCUT2D eigenvalue weighted by molar-refractivity contribution is 7.85. The molecule has 1 aliphatic heterocycles. The number of para-hydroxylation sites is 2. The first kappa shape index (κ1) is 67.5. The number of nitrogens with one attached hydrogen (secondary N) is 3. The van der Waals surface area contributed by atoms with Gasteiger partial charge in [0.25, 0.3) is 27.8 Å². The van der Waals surface area contributed by atoms with Crippen LogP contribution in [0.2, 0.25) is 0 Å². The zero-order valence-electron chi connectivity index (χ0n) is 53.4. The molecule has 0 radical (unpaired) electrons. The van der Waals surface area contributed by atoms with Gasteiger partial charge in [-0.25, -0.2) is 19.6 Å². The molecule has 3 atom stereocenters. The second-order valence-corrected chi connectivity index (χ2v) is 28.8. The SMILES string of the molecule is Cc1c(-c2ccc(-c3ccc4cccc(C(=O)Nc5nc6ccccc6s5)c4c3)nc2C(=O)O)cnn1CC12CC3(C)CC(C)(C1)CC(OCCN(C)C(=O)OCc1ccccc1OCCOCCNC(=O)[C@H](CS(=O)(=O)O)NC(=O)CCCCCN1C(=O)C=CC1=O)(C3)C2. The number of benzene rings is 4. The fraction of sp³-hybridized carbons (Fsp3) is 0.420. The van der Waals surface area contributed by atoms with Crippen LogP contribution in [0.1, 0.15) is 110 Å². The van der Waals surface area contributed by atoms with Gasteiger partial charge in [0.1, 0.15) is 30.8 Å². The van der Waals surface area contributed by atoms with Crippen molar-refractivity contribution in [2.75, 3.05) is 64.2 Å². The summed E-state index contributed by atoms with van der Waals surface area (Å²) in [6.07, 6.45) is 10.4. The van der Waals surface area contributed by atoms with E-state index in [1.807, 2.05) is 72.3 Å². The number of fused-ring (bicyclic) bond motifs is 2. The van der Waals surface area contributed by atoms with Crippen molar-refractivity contribution in [1.29, 1.82) is 0 Å². The van der Waals surface area contributed by atoms with Crippen LogP contribution in [-0.4, -0.2) is 160 Å². The van der Waals surface area contributed by atoms with Crippen LogP contribution in [0, 0.1) is 23.2 Å². The number of anilines is 1. The lowest BCUT2D eigenvalue weighted by atomic mass is 9.39. The smallest absolute Gasteiger partial charge is 0.409 e. The molecule has 4 saturated carbocycles. The number of carboxylic acids is 1. The highest BCUT2D eigenvalue weighted by Crippen LogP contribution is 2.72. The normalized spacial score (nSPS) is 20.7.